The molecule has 1 aliphatic rings. The summed E-state index contributed by atoms with van der Waals surface area (Å²) in [6.07, 6.45) is 6.11. The summed E-state index contributed by atoms with van der Waals surface area (Å²) >= 11 is 0. The Hall–Kier alpha value is -0.570. The number of nitrogens with two attached hydrogens (primary N) is 1. The first-order valence-corrected chi connectivity index (χ1v) is 6.99. The van der Waals surface area contributed by atoms with E-state index in [-0.39, 0.29) is 5.41 Å². The van der Waals surface area contributed by atoms with Gasteiger partial charge in [0.25, 0.3) is 0 Å². The van der Waals surface area contributed by atoms with Crippen molar-refractivity contribution in [1.29, 1.82) is 0 Å². The molecule has 0 aromatic carbocycles. The highest BCUT2D eigenvalue weighted by Crippen LogP contribution is 2.30. The van der Waals surface area contributed by atoms with Gasteiger partial charge in [-0.25, -0.2) is 0 Å². The molecule has 0 bridgehead atoms. The first-order valence-electron chi connectivity index (χ1n) is 6.99. The van der Waals surface area contributed by atoms with E-state index in [1.807, 2.05) is 0 Å². The third kappa shape index (κ3) is 5.07. The Morgan fingerprint density at radius 3 is 2.47 bits per heavy atom. The lowest BCUT2D eigenvalue weighted by Gasteiger charge is -2.26. The topological polar surface area (TPSA) is 46.3 Å². The zero-order valence-corrected chi connectivity index (χ0v) is 11.7. The van der Waals surface area contributed by atoms with Crippen molar-refractivity contribution in [1.82, 2.24) is 4.90 Å². The Balaban J connectivity index is 2.36. The highest BCUT2D eigenvalue weighted by molar-refractivity contribution is 5.76. The molecule has 1 rings (SSSR count). The summed E-state index contributed by atoms with van der Waals surface area (Å²) < 4.78 is 0. The van der Waals surface area contributed by atoms with E-state index in [0.29, 0.717) is 24.9 Å². The van der Waals surface area contributed by atoms with Crippen molar-refractivity contribution >= 4 is 5.91 Å². The van der Waals surface area contributed by atoms with Crippen LogP contribution < -0.4 is 5.73 Å². The fraction of sp³-hybridized carbons (Fsp3) is 0.929. The molecule has 0 saturated heterocycles. The number of nitrogens with zero attached hydrogens (tertiary/aromatic N) is 1. The van der Waals surface area contributed by atoms with Gasteiger partial charge in [0, 0.05) is 19.0 Å². The fourth-order valence-electron chi connectivity index (χ4n) is 2.24. The zero-order chi connectivity index (χ0) is 12.9. The van der Waals surface area contributed by atoms with E-state index in [9.17, 15) is 4.79 Å². The normalized spacial score (nSPS) is 16.0. The van der Waals surface area contributed by atoms with Crippen LogP contribution in [0.4, 0.5) is 0 Å². The Labute approximate surface area is 106 Å². The molecule has 1 amide bonds. The maximum atomic E-state index is 12.2. The monoisotopic (exact) mass is 240 g/mol. The van der Waals surface area contributed by atoms with Crippen LogP contribution in [0.25, 0.3) is 0 Å². The minimum atomic E-state index is 0.200. The van der Waals surface area contributed by atoms with Gasteiger partial charge in [-0.05, 0) is 44.1 Å². The maximum absolute atomic E-state index is 12.2. The lowest BCUT2D eigenvalue weighted by molar-refractivity contribution is -0.132. The van der Waals surface area contributed by atoms with E-state index in [4.69, 9.17) is 5.73 Å². The number of carbonyl (C=O) groups excluding carboxylic acids is 1. The SMILES string of the molecule is CCCN(C(=O)CCC(C)(C)CCN)C1CC1. The molecule has 0 radical (unpaired) electrons. The summed E-state index contributed by atoms with van der Waals surface area (Å²) in [7, 11) is 0. The highest BCUT2D eigenvalue weighted by atomic mass is 16.2. The second kappa shape index (κ2) is 6.39. The largest absolute Gasteiger partial charge is 0.340 e. The minimum Gasteiger partial charge on any atom is -0.340 e. The number of rotatable bonds is 8. The van der Waals surface area contributed by atoms with Crippen LogP contribution in [0.1, 0.15) is 59.3 Å². The zero-order valence-electron chi connectivity index (χ0n) is 11.7. The molecule has 0 aliphatic heterocycles. The molecule has 100 valence electrons. The Morgan fingerprint density at radius 2 is 2.00 bits per heavy atom. The molecule has 3 heteroatoms. The lowest BCUT2D eigenvalue weighted by Crippen LogP contribution is -2.34. The van der Waals surface area contributed by atoms with Crippen LogP contribution in [0.15, 0.2) is 0 Å². The Kier molecular flexibility index (Phi) is 5.44. The second-order valence-corrected chi connectivity index (χ2v) is 6.02. The van der Waals surface area contributed by atoms with Crippen molar-refractivity contribution in [3.63, 3.8) is 0 Å². The van der Waals surface area contributed by atoms with Gasteiger partial charge in [-0.15, -0.1) is 0 Å². The predicted molar refractivity (Wildman–Crippen MR) is 71.7 cm³/mol. The minimum absolute atomic E-state index is 0.200. The highest BCUT2D eigenvalue weighted by Gasteiger charge is 2.32. The van der Waals surface area contributed by atoms with Gasteiger partial charge in [-0.1, -0.05) is 20.8 Å². The molecule has 0 unspecified atom stereocenters. The van der Waals surface area contributed by atoms with Crippen molar-refractivity contribution in [2.24, 2.45) is 11.1 Å². The Morgan fingerprint density at radius 1 is 1.35 bits per heavy atom. The molecule has 0 spiro atoms. The van der Waals surface area contributed by atoms with Gasteiger partial charge in [0.1, 0.15) is 0 Å². The van der Waals surface area contributed by atoms with Crippen LogP contribution in [0.3, 0.4) is 0 Å². The van der Waals surface area contributed by atoms with E-state index in [2.05, 4.69) is 25.7 Å². The van der Waals surface area contributed by atoms with Crippen LogP contribution in [-0.4, -0.2) is 29.9 Å². The van der Waals surface area contributed by atoms with Crippen LogP contribution >= 0.6 is 0 Å². The van der Waals surface area contributed by atoms with Gasteiger partial charge >= 0.3 is 0 Å². The van der Waals surface area contributed by atoms with Gasteiger partial charge in [0.05, 0.1) is 0 Å². The number of amides is 1. The van der Waals surface area contributed by atoms with Crippen molar-refractivity contribution < 1.29 is 4.79 Å². The molecule has 1 fully saturated rings. The molecule has 0 heterocycles. The van der Waals surface area contributed by atoms with Crippen LogP contribution in [0.5, 0.6) is 0 Å². The van der Waals surface area contributed by atoms with Gasteiger partial charge in [0.15, 0.2) is 0 Å². The summed E-state index contributed by atoms with van der Waals surface area (Å²) in [6.45, 7) is 8.19. The molecule has 1 aliphatic carbocycles. The third-order valence-electron chi connectivity index (χ3n) is 3.61. The lowest BCUT2D eigenvalue weighted by atomic mass is 9.84. The summed E-state index contributed by atoms with van der Waals surface area (Å²) in [4.78, 5) is 14.3. The number of hydrogen-bond acceptors (Lipinski definition) is 2. The fourth-order valence-corrected chi connectivity index (χ4v) is 2.24. The smallest absolute Gasteiger partial charge is 0.222 e. The molecular weight excluding hydrogens is 212 g/mol. The van der Waals surface area contributed by atoms with Crippen molar-refractivity contribution in [3.05, 3.63) is 0 Å². The van der Waals surface area contributed by atoms with E-state index in [0.717, 1.165) is 25.8 Å². The van der Waals surface area contributed by atoms with Gasteiger partial charge in [-0.2, -0.15) is 0 Å². The quantitative estimate of drug-likeness (QED) is 0.708. The third-order valence-corrected chi connectivity index (χ3v) is 3.61. The molecular formula is C14H28N2O. The summed E-state index contributed by atoms with van der Waals surface area (Å²) in [5.74, 6) is 0.347. The molecule has 0 aromatic rings. The Bertz CT molecular complexity index is 247. The summed E-state index contributed by atoms with van der Waals surface area (Å²) in [6, 6.07) is 0.556. The second-order valence-electron chi connectivity index (χ2n) is 6.02. The van der Waals surface area contributed by atoms with Crippen molar-refractivity contribution in [2.45, 2.75) is 65.3 Å². The van der Waals surface area contributed by atoms with Gasteiger partial charge < -0.3 is 10.6 Å². The average Bonchev–Trinajstić information content (AvgIpc) is 3.06. The van der Waals surface area contributed by atoms with E-state index in [1.165, 1.54) is 12.8 Å². The maximum Gasteiger partial charge on any atom is 0.222 e. The van der Waals surface area contributed by atoms with E-state index < -0.39 is 0 Å². The summed E-state index contributed by atoms with van der Waals surface area (Å²) in [5, 5.41) is 0. The van der Waals surface area contributed by atoms with Crippen LogP contribution in [-0.2, 0) is 4.79 Å². The first kappa shape index (κ1) is 14.5. The van der Waals surface area contributed by atoms with Crippen LogP contribution in [0, 0.1) is 5.41 Å². The number of carbonyl (C=O) groups is 1. The first-order chi connectivity index (χ1) is 8.00. The van der Waals surface area contributed by atoms with Crippen molar-refractivity contribution in [2.75, 3.05) is 13.1 Å². The van der Waals surface area contributed by atoms with Gasteiger partial charge in [-0.3, -0.25) is 4.79 Å². The molecule has 17 heavy (non-hydrogen) atoms. The molecule has 0 atom stereocenters. The van der Waals surface area contributed by atoms with E-state index >= 15 is 0 Å². The molecule has 1 saturated carbocycles. The molecule has 2 N–H and O–H groups in total. The molecule has 3 nitrogen and oxygen atoms in total. The average molecular weight is 240 g/mol. The number of hydrogen-bond donors (Lipinski definition) is 1. The van der Waals surface area contributed by atoms with E-state index in [1.54, 1.807) is 0 Å². The predicted octanol–water partition coefficient (Wildman–Crippen LogP) is 2.54. The standard InChI is InChI=1S/C14H28N2O/c1-4-11-16(12-5-6-12)13(17)7-8-14(2,3)9-10-15/h12H,4-11,15H2,1-3H3. The van der Waals surface area contributed by atoms with Crippen molar-refractivity contribution in [3.8, 4) is 0 Å². The molecule has 0 aromatic heterocycles. The van der Waals surface area contributed by atoms with Crippen LogP contribution in [0.2, 0.25) is 0 Å². The van der Waals surface area contributed by atoms with Gasteiger partial charge in [0.2, 0.25) is 5.91 Å². The summed E-state index contributed by atoms with van der Waals surface area (Å²) in [5.41, 5.74) is 5.79.